The number of aromatic nitrogens is 3. The Balaban J connectivity index is 2.71. The first-order valence-corrected chi connectivity index (χ1v) is 6.12. The van der Waals surface area contributed by atoms with Gasteiger partial charge in [-0.1, -0.05) is 17.4 Å². The summed E-state index contributed by atoms with van der Waals surface area (Å²) < 4.78 is 3.12. The van der Waals surface area contributed by atoms with Crippen LogP contribution in [0, 0.1) is 0 Å². The normalized spacial score (nSPS) is 11.2. The molecule has 0 amide bonds. The topological polar surface area (TPSA) is 95.5 Å². The molecule has 0 fully saturated rings. The van der Waals surface area contributed by atoms with Gasteiger partial charge in [0.25, 0.3) is 0 Å². The van der Waals surface area contributed by atoms with Gasteiger partial charge >= 0.3 is 22.3 Å². The van der Waals surface area contributed by atoms with Gasteiger partial charge in [-0.3, -0.25) is 0 Å². The van der Waals surface area contributed by atoms with Crippen molar-refractivity contribution >= 4 is 32.5 Å². The highest BCUT2D eigenvalue weighted by Gasteiger charge is 2.22. The lowest BCUT2D eigenvalue weighted by atomic mass is 10.2. The number of aromatic amines is 1. The van der Waals surface area contributed by atoms with Crippen LogP contribution in [0.3, 0.4) is 0 Å². The van der Waals surface area contributed by atoms with Crippen LogP contribution < -0.4 is 15.9 Å². The van der Waals surface area contributed by atoms with E-state index in [4.69, 9.17) is 0 Å². The molecule has 3 rings (SSSR count). The molecule has 2 N–H and O–H groups in total. The molecule has 0 saturated heterocycles. The summed E-state index contributed by atoms with van der Waals surface area (Å²) in [6.07, 6.45) is 0. The summed E-state index contributed by atoms with van der Waals surface area (Å²) in [4.78, 5) is 37.2. The fraction of sp³-hybridized carbons (Fsp3) is 0.0909. The number of rotatable bonds is 1. The van der Waals surface area contributed by atoms with Crippen LogP contribution in [-0.4, -0.2) is 20.5 Å². The number of carbonyl (C=O) groups is 1. The predicted molar refractivity (Wildman–Crippen MR) is 67.8 cm³/mol. The molecule has 0 spiro atoms. The van der Waals surface area contributed by atoms with E-state index in [2.05, 4.69) is 4.98 Å². The third-order valence-corrected chi connectivity index (χ3v) is 4.04. The number of nitrogens with zero attached hydrogens (tertiary/aromatic N) is 2. The summed E-state index contributed by atoms with van der Waals surface area (Å²) in [5.41, 5.74) is -0.851. The highest BCUT2D eigenvalue weighted by molar-refractivity contribution is 7.23. The van der Waals surface area contributed by atoms with E-state index in [-0.39, 0.29) is 5.56 Å². The van der Waals surface area contributed by atoms with Crippen LogP contribution in [0.25, 0.3) is 15.2 Å². The van der Waals surface area contributed by atoms with E-state index in [1.165, 1.54) is 33.4 Å². The van der Waals surface area contributed by atoms with Crippen molar-refractivity contribution in [1.29, 1.82) is 0 Å². The smallest absolute Gasteiger partial charge is 0.452 e. The molecule has 0 saturated carbocycles. The van der Waals surface area contributed by atoms with Crippen molar-refractivity contribution in [3.05, 3.63) is 44.7 Å². The average molecular weight is 278 g/mol. The maximum Gasteiger partial charge on any atom is 0.452 e. The summed E-state index contributed by atoms with van der Waals surface area (Å²) >= 11 is 1.19. The number of carboxylic acids is 1. The summed E-state index contributed by atoms with van der Waals surface area (Å²) in [7, 11) is 1.52. The van der Waals surface area contributed by atoms with Crippen LogP contribution >= 0.6 is 11.3 Å². The van der Waals surface area contributed by atoms with Gasteiger partial charge < -0.3 is 5.11 Å². The SMILES string of the molecule is C[n+]1c(=O)[nH]c(=O)n2c3c(C(=O)O)cccc3sc21. The Kier molecular flexibility index (Phi) is 2.29. The highest BCUT2D eigenvalue weighted by Crippen LogP contribution is 2.25. The first kappa shape index (κ1) is 11.6. The summed E-state index contributed by atoms with van der Waals surface area (Å²) in [5, 5.41) is 9.19. The summed E-state index contributed by atoms with van der Waals surface area (Å²) in [5.74, 6) is -1.12. The molecule has 3 aromatic rings. The molecule has 0 aliphatic carbocycles. The third kappa shape index (κ3) is 1.50. The molecule has 0 atom stereocenters. The maximum atomic E-state index is 11.9. The van der Waals surface area contributed by atoms with Crippen molar-refractivity contribution in [3.63, 3.8) is 0 Å². The van der Waals surface area contributed by atoms with Gasteiger partial charge in [-0.05, 0) is 12.1 Å². The molecule has 96 valence electrons. The largest absolute Gasteiger partial charge is 0.478 e. The first-order chi connectivity index (χ1) is 9.00. The number of H-pyrrole nitrogens is 1. The number of thiazole rings is 1. The Bertz CT molecular complexity index is 950. The van der Waals surface area contributed by atoms with E-state index in [1.54, 1.807) is 12.1 Å². The molecular formula is C11H8N3O4S+. The van der Waals surface area contributed by atoms with E-state index >= 15 is 0 Å². The summed E-state index contributed by atoms with van der Waals surface area (Å²) in [6, 6.07) is 4.74. The second-order valence-electron chi connectivity index (χ2n) is 3.97. The van der Waals surface area contributed by atoms with E-state index < -0.39 is 17.3 Å². The molecule has 2 aromatic heterocycles. The van der Waals surface area contributed by atoms with E-state index in [0.717, 1.165) is 0 Å². The number of benzene rings is 1. The van der Waals surface area contributed by atoms with Crippen LogP contribution in [-0.2, 0) is 7.05 Å². The van der Waals surface area contributed by atoms with E-state index in [9.17, 15) is 19.5 Å². The number of hydrogen-bond acceptors (Lipinski definition) is 4. The number of carboxylic acid groups (broad SMARTS) is 1. The molecule has 8 heteroatoms. The number of nitrogens with one attached hydrogen (secondary N) is 1. The minimum atomic E-state index is -1.12. The molecule has 0 aliphatic rings. The molecule has 0 unspecified atom stereocenters. The van der Waals surface area contributed by atoms with Crippen LogP contribution in [0.15, 0.2) is 27.8 Å². The van der Waals surface area contributed by atoms with Crippen molar-refractivity contribution < 1.29 is 14.5 Å². The number of aryl methyl sites for hydroxylation is 1. The van der Waals surface area contributed by atoms with Gasteiger partial charge in [0.1, 0.15) is 11.1 Å². The number of para-hydroxylation sites is 1. The zero-order chi connectivity index (χ0) is 13.7. The Hall–Kier alpha value is -2.48. The molecule has 7 nitrogen and oxygen atoms in total. The van der Waals surface area contributed by atoms with Crippen molar-refractivity contribution in [2.24, 2.45) is 7.05 Å². The van der Waals surface area contributed by atoms with Gasteiger partial charge in [0, 0.05) is 0 Å². The van der Waals surface area contributed by atoms with Crippen molar-refractivity contribution in [2.75, 3.05) is 0 Å². The Morgan fingerprint density at radius 1 is 1.42 bits per heavy atom. The second-order valence-corrected chi connectivity index (χ2v) is 4.98. The lowest BCUT2D eigenvalue weighted by Crippen LogP contribution is -2.52. The molecule has 0 aliphatic heterocycles. The minimum Gasteiger partial charge on any atom is -0.478 e. The van der Waals surface area contributed by atoms with Gasteiger partial charge in [-0.25, -0.2) is 14.4 Å². The first-order valence-electron chi connectivity index (χ1n) is 5.30. The fourth-order valence-corrected chi connectivity index (χ4v) is 3.10. The molecule has 19 heavy (non-hydrogen) atoms. The quantitative estimate of drug-likeness (QED) is 0.599. The average Bonchev–Trinajstić information content (AvgIpc) is 2.75. The number of aromatic carboxylic acids is 1. The molecule has 2 heterocycles. The second kappa shape index (κ2) is 3.75. The van der Waals surface area contributed by atoms with Crippen molar-refractivity contribution in [3.8, 4) is 0 Å². The lowest BCUT2D eigenvalue weighted by Gasteiger charge is -1.95. The monoisotopic (exact) mass is 278 g/mol. The van der Waals surface area contributed by atoms with Crippen LogP contribution in [0.5, 0.6) is 0 Å². The van der Waals surface area contributed by atoms with Gasteiger partial charge in [0.2, 0.25) is 0 Å². The summed E-state index contributed by atoms with van der Waals surface area (Å²) in [6.45, 7) is 0. The zero-order valence-corrected chi connectivity index (χ0v) is 10.5. The van der Waals surface area contributed by atoms with Gasteiger partial charge in [-0.15, -0.1) is 0 Å². The Morgan fingerprint density at radius 3 is 2.84 bits per heavy atom. The molecule has 0 bridgehead atoms. The van der Waals surface area contributed by atoms with Crippen LogP contribution in [0.1, 0.15) is 10.4 Å². The Labute approximate surface area is 109 Å². The lowest BCUT2D eigenvalue weighted by molar-refractivity contribution is -0.664. The molecular weight excluding hydrogens is 270 g/mol. The number of hydrogen-bond donors (Lipinski definition) is 2. The van der Waals surface area contributed by atoms with Crippen LogP contribution in [0.4, 0.5) is 0 Å². The van der Waals surface area contributed by atoms with Gasteiger partial charge in [0.05, 0.1) is 11.7 Å². The van der Waals surface area contributed by atoms with E-state index in [0.29, 0.717) is 15.2 Å². The Morgan fingerprint density at radius 2 is 2.16 bits per heavy atom. The zero-order valence-electron chi connectivity index (χ0n) is 9.71. The predicted octanol–water partition coefficient (Wildman–Crippen LogP) is -0.275. The number of fused-ring (bicyclic) bond motifs is 3. The van der Waals surface area contributed by atoms with Crippen molar-refractivity contribution in [2.45, 2.75) is 0 Å². The third-order valence-electron chi connectivity index (χ3n) is 2.85. The molecule has 1 aromatic carbocycles. The highest BCUT2D eigenvalue weighted by atomic mass is 32.1. The van der Waals surface area contributed by atoms with Crippen LogP contribution in [0.2, 0.25) is 0 Å². The van der Waals surface area contributed by atoms with Gasteiger partial charge in [-0.2, -0.15) is 14.0 Å². The molecule has 0 radical (unpaired) electrons. The van der Waals surface area contributed by atoms with E-state index in [1.807, 2.05) is 0 Å². The minimum absolute atomic E-state index is 0.0258. The van der Waals surface area contributed by atoms with Gasteiger partial charge in [0.15, 0.2) is 0 Å². The standard InChI is InChI=1S/C11H7N3O4S/c1-13-9(17)12-10(18)14-7-5(8(15)16)3-2-4-6(7)19-11(13)14/h2-4H,1H3,(H-,12,15,16,17,18)/p+1. The van der Waals surface area contributed by atoms with Crippen molar-refractivity contribution in [1.82, 2.24) is 9.38 Å². The fourth-order valence-electron chi connectivity index (χ4n) is 1.97. The maximum absolute atomic E-state index is 11.9.